The number of carboxylic acids is 1. The Labute approximate surface area is 86.5 Å². The van der Waals surface area contributed by atoms with E-state index in [9.17, 15) is 13.2 Å². The summed E-state index contributed by atoms with van der Waals surface area (Å²) in [5, 5.41) is 8.81. The van der Waals surface area contributed by atoms with Crippen molar-refractivity contribution in [2.24, 2.45) is 0 Å². The maximum atomic E-state index is 11.2. The Morgan fingerprint density at radius 1 is 1.60 bits per heavy atom. The Balaban J connectivity index is 2.32. The van der Waals surface area contributed by atoms with E-state index < -0.39 is 15.8 Å². The van der Waals surface area contributed by atoms with Crippen molar-refractivity contribution in [3.05, 3.63) is 18.2 Å². The van der Waals surface area contributed by atoms with Crippen molar-refractivity contribution < 1.29 is 18.3 Å². The van der Waals surface area contributed by atoms with Gasteiger partial charge in [-0.2, -0.15) is 0 Å². The smallest absolute Gasteiger partial charge is 0.372 e. The van der Waals surface area contributed by atoms with Gasteiger partial charge in [0, 0.05) is 12.4 Å². The van der Waals surface area contributed by atoms with Crippen molar-refractivity contribution >= 4 is 15.8 Å². The number of hydrogen-bond acceptors (Lipinski definition) is 4. The zero-order chi connectivity index (χ0) is 11.1. The van der Waals surface area contributed by atoms with Crippen LogP contribution in [-0.4, -0.2) is 40.6 Å². The Bertz CT molecular complexity index is 490. The number of nitrogens with zero attached hydrogens (tertiary/aromatic N) is 2. The summed E-state index contributed by atoms with van der Waals surface area (Å²) < 4.78 is 23.9. The molecule has 7 heteroatoms. The number of aromatic carboxylic acids is 1. The molecular weight excluding hydrogens is 220 g/mol. The zero-order valence-corrected chi connectivity index (χ0v) is 8.64. The van der Waals surface area contributed by atoms with E-state index in [1.165, 1.54) is 17.0 Å². The second-order valence-corrected chi connectivity index (χ2v) is 5.75. The van der Waals surface area contributed by atoms with Crippen LogP contribution in [0, 0.1) is 0 Å². The first kappa shape index (κ1) is 10.2. The van der Waals surface area contributed by atoms with Crippen molar-refractivity contribution in [3.63, 3.8) is 0 Å². The number of sulfone groups is 1. The zero-order valence-electron chi connectivity index (χ0n) is 7.83. The van der Waals surface area contributed by atoms with E-state index in [1.807, 2.05) is 0 Å². The Kier molecular flexibility index (Phi) is 2.26. The van der Waals surface area contributed by atoms with Gasteiger partial charge in [0.15, 0.2) is 9.84 Å². The first-order valence-corrected chi connectivity index (χ1v) is 6.28. The van der Waals surface area contributed by atoms with Crippen molar-refractivity contribution in [2.75, 3.05) is 11.5 Å². The molecule has 1 unspecified atom stereocenters. The highest BCUT2D eigenvalue weighted by molar-refractivity contribution is 7.91. The second kappa shape index (κ2) is 3.34. The predicted octanol–water partition coefficient (Wildman–Crippen LogP) is -0.0591. The number of hydrogen-bond donors (Lipinski definition) is 1. The third kappa shape index (κ3) is 1.87. The minimum atomic E-state index is -3.01. The molecule has 0 aromatic carbocycles. The molecule has 15 heavy (non-hydrogen) atoms. The first-order chi connectivity index (χ1) is 6.99. The van der Waals surface area contributed by atoms with E-state index >= 15 is 0 Å². The van der Waals surface area contributed by atoms with Gasteiger partial charge in [0.25, 0.3) is 0 Å². The molecule has 0 amide bonds. The number of carbonyl (C=O) groups is 1. The van der Waals surface area contributed by atoms with E-state index in [2.05, 4.69) is 4.98 Å². The lowest BCUT2D eigenvalue weighted by Gasteiger charge is -2.10. The monoisotopic (exact) mass is 230 g/mol. The number of carboxylic acid groups (broad SMARTS) is 1. The van der Waals surface area contributed by atoms with Gasteiger partial charge in [-0.3, -0.25) is 0 Å². The first-order valence-electron chi connectivity index (χ1n) is 4.46. The average Bonchev–Trinajstić information content (AvgIpc) is 2.69. The summed E-state index contributed by atoms with van der Waals surface area (Å²) in [6.07, 6.45) is 3.34. The van der Waals surface area contributed by atoms with Gasteiger partial charge in [-0.25, -0.2) is 18.2 Å². The maximum absolute atomic E-state index is 11.2. The SMILES string of the molecule is O=C(O)c1nccn1C1CCS(=O)(=O)C1. The van der Waals surface area contributed by atoms with Gasteiger partial charge in [-0.05, 0) is 6.42 Å². The van der Waals surface area contributed by atoms with Crippen molar-refractivity contribution in [1.29, 1.82) is 0 Å². The molecule has 1 aromatic rings. The molecule has 1 aliphatic rings. The van der Waals surface area contributed by atoms with Crippen molar-refractivity contribution in [1.82, 2.24) is 9.55 Å². The molecule has 0 spiro atoms. The minimum absolute atomic E-state index is 0.00361. The van der Waals surface area contributed by atoms with E-state index in [0.29, 0.717) is 6.42 Å². The molecule has 0 radical (unpaired) electrons. The molecule has 2 heterocycles. The standard InChI is InChI=1S/C8H10N2O4S/c11-8(12)7-9-2-3-10(7)6-1-4-15(13,14)5-6/h2-3,6H,1,4-5H2,(H,11,12). The van der Waals surface area contributed by atoms with Gasteiger partial charge in [0.05, 0.1) is 17.5 Å². The van der Waals surface area contributed by atoms with Crippen LogP contribution in [0.25, 0.3) is 0 Å². The molecule has 2 rings (SSSR count). The molecule has 1 aromatic heterocycles. The Hall–Kier alpha value is -1.37. The van der Waals surface area contributed by atoms with Gasteiger partial charge in [0.2, 0.25) is 5.82 Å². The van der Waals surface area contributed by atoms with E-state index in [0.717, 1.165) is 0 Å². The van der Waals surface area contributed by atoms with Gasteiger partial charge in [-0.1, -0.05) is 0 Å². The average molecular weight is 230 g/mol. The molecule has 82 valence electrons. The third-order valence-electron chi connectivity index (χ3n) is 2.46. The van der Waals surface area contributed by atoms with Gasteiger partial charge in [-0.15, -0.1) is 0 Å². The van der Waals surface area contributed by atoms with Crippen LogP contribution in [0.1, 0.15) is 23.1 Å². The van der Waals surface area contributed by atoms with Crippen LogP contribution in [0.2, 0.25) is 0 Å². The summed E-state index contributed by atoms with van der Waals surface area (Å²) in [5.41, 5.74) is 0. The maximum Gasteiger partial charge on any atom is 0.372 e. The summed E-state index contributed by atoms with van der Waals surface area (Å²) in [6, 6.07) is -0.288. The van der Waals surface area contributed by atoms with Crippen LogP contribution in [-0.2, 0) is 9.84 Å². The van der Waals surface area contributed by atoms with Crippen LogP contribution >= 0.6 is 0 Å². The van der Waals surface area contributed by atoms with Crippen LogP contribution in [0.15, 0.2) is 12.4 Å². The predicted molar refractivity (Wildman–Crippen MR) is 51.5 cm³/mol. The quantitative estimate of drug-likeness (QED) is 0.768. The fourth-order valence-electron chi connectivity index (χ4n) is 1.77. The molecule has 1 fully saturated rings. The summed E-state index contributed by atoms with van der Waals surface area (Å²) in [6.45, 7) is 0. The van der Waals surface area contributed by atoms with E-state index in [-0.39, 0.29) is 23.4 Å². The van der Waals surface area contributed by atoms with Gasteiger partial charge in [0.1, 0.15) is 0 Å². The van der Waals surface area contributed by atoms with Crippen molar-refractivity contribution in [2.45, 2.75) is 12.5 Å². The van der Waals surface area contributed by atoms with Crippen molar-refractivity contribution in [3.8, 4) is 0 Å². The topological polar surface area (TPSA) is 89.3 Å². The fourth-order valence-corrected chi connectivity index (χ4v) is 3.48. The van der Waals surface area contributed by atoms with Crippen LogP contribution < -0.4 is 0 Å². The lowest BCUT2D eigenvalue weighted by molar-refractivity contribution is 0.0676. The van der Waals surface area contributed by atoms with Gasteiger partial charge < -0.3 is 9.67 Å². The Morgan fingerprint density at radius 3 is 2.87 bits per heavy atom. The van der Waals surface area contributed by atoms with E-state index in [1.54, 1.807) is 0 Å². The lowest BCUT2D eigenvalue weighted by atomic mass is 10.2. The highest BCUT2D eigenvalue weighted by atomic mass is 32.2. The fraction of sp³-hybridized carbons (Fsp3) is 0.500. The molecule has 1 aliphatic heterocycles. The molecular formula is C8H10N2O4S. The number of rotatable bonds is 2. The van der Waals surface area contributed by atoms with E-state index in [4.69, 9.17) is 5.11 Å². The normalized spacial score (nSPS) is 24.1. The largest absolute Gasteiger partial charge is 0.475 e. The molecule has 0 saturated carbocycles. The highest BCUT2D eigenvalue weighted by Gasteiger charge is 2.31. The summed E-state index contributed by atoms with van der Waals surface area (Å²) in [4.78, 5) is 14.4. The molecule has 6 nitrogen and oxygen atoms in total. The molecule has 1 atom stereocenters. The van der Waals surface area contributed by atoms with Crippen LogP contribution in [0.4, 0.5) is 0 Å². The summed E-state index contributed by atoms with van der Waals surface area (Å²) in [7, 11) is -3.01. The third-order valence-corrected chi connectivity index (χ3v) is 4.21. The molecule has 0 aliphatic carbocycles. The Morgan fingerprint density at radius 2 is 2.33 bits per heavy atom. The molecule has 1 N–H and O–H groups in total. The van der Waals surface area contributed by atoms with Crippen LogP contribution in [0.3, 0.4) is 0 Å². The van der Waals surface area contributed by atoms with Gasteiger partial charge >= 0.3 is 5.97 Å². The van der Waals surface area contributed by atoms with Crippen LogP contribution in [0.5, 0.6) is 0 Å². The lowest BCUT2D eigenvalue weighted by Crippen LogP contribution is -2.16. The second-order valence-electron chi connectivity index (χ2n) is 3.52. The molecule has 0 bridgehead atoms. The summed E-state index contributed by atoms with van der Waals surface area (Å²) in [5.74, 6) is -1.11. The highest BCUT2D eigenvalue weighted by Crippen LogP contribution is 2.24. The number of imidazole rings is 1. The summed E-state index contributed by atoms with van der Waals surface area (Å²) >= 11 is 0. The number of aromatic nitrogens is 2. The molecule has 1 saturated heterocycles. The minimum Gasteiger partial charge on any atom is -0.475 e.